The lowest BCUT2D eigenvalue weighted by Gasteiger charge is -2.17. The van der Waals surface area contributed by atoms with E-state index >= 15 is 0 Å². The molecule has 0 saturated heterocycles. The Labute approximate surface area is 115 Å². The Morgan fingerprint density at radius 2 is 1.94 bits per heavy atom. The molecule has 0 aliphatic carbocycles. The molecule has 0 aromatic heterocycles. The molecule has 2 rings (SSSR count). The van der Waals surface area contributed by atoms with Crippen molar-refractivity contribution in [2.75, 3.05) is 5.32 Å². The monoisotopic (exact) mass is 307 g/mol. The minimum absolute atomic E-state index is 0.128. The van der Waals surface area contributed by atoms with Crippen LogP contribution in [-0.4, -0.2) is 0 Å². The van der Waals surface area contributed by atoms with Gasteiger partial charge < -0.3 is 5.32 Å². The summed E-state index contributed by atoms with van der Waals surface area (Å²) < 4.78 is 14.1. The van der Waals surface area contributed by atoms with E-state index in [4.69, 9.17) is 0 Å². The normalized spacial score (nSPS) is 12.2. The Kier molecular flexibility index (Phi) is 4.02. The van der Waals surface area contributed by atoms with Gasteiger partial charge >= 0.3 is 0 Å². The fraction of sp³-hybridized carbons (Fsp3) is 0.200. The van der Waals surface area contributed by atoms with E-state index < -0.39 is 0 Å². The van der Waals surface area contributed by atoms with Crippen LogP contribution in [0.2, 0.25) is 0 Å². The molecule has 1 atom stereocenters. The molecule has 1 nitrogen and oxygen atoms in total. The smallest absolute Gasteiger partial charge is 0.125 e. The molecule has 2 aromatic carbocycles. The molecule has 0 aliphatic heterocycles. The first kappa shape index (κ1) is 13.1. The summed E-state index contributed by atoms with van der Waals surface area (Å²) in [5.74, 6) is -0.239. The van der Waals surface area contributed by atoms with Gasteiger partial charge in [0.05, 0.1) is 5.69 Å². The third kappa shape index (κ3) is 3.10. The van der Waals surface area contributed by atoms with Crippen molar-refractivity contribution in [3.05, 3.63) is 63.9 Å². The van der Waals surface area contributed by atoms with E-state index in [0.29, 0.717) is 0 Å². The molecule has 0 heterocycles. The van der Waals surface area contributed by atoms with Gasteiger partial charge in [0.25, 0.3) is 0 Å². The first-order valence-electron chi connectivity index (χ1n) is 5.84. The second-order valence-electron chi connectivity index (χ2n) is 4.40. The van der Waals surface area contributed by atoms with Crippen LogP contribution >= 0.6 is 15.9 Å². The lowest BCUT2D eigenvalue weighted by Crippen LogP contribution is -2.07. The first-order chi connectivity index (χ1) is 8.56. The van der Waals surface area contributed by atoms with E-state index in [2.05, 4.69) is 53.3 Å². The zero-order chi connectivity index (χ0) is 13.1. The van der Waals surface area contributed by atoms with Gasteiger partial charge in [-0.25, -0.2) is 4.39 Å². The van der Waals surface area contributed by atoms with Crippen LogP contribution < -0.4 is 5.32 Å². The summed E-state index contributed by atoms with van der Waals surface area (Å²) in [5.41, 5.74) is 3.18. The van der Waals surface area contributed by atoms with E-state index in [1.165, 1.54) is 23.3 Å². The largest absolute Gasteiger partial charge is 0.378 e. The van der Waals surface area contributed by atoms with Crippen LogP contribution in [0.5, 0.6) is 0 Å². The van der Waals surface area contributed by atoms with Crippen molar-refractivity contribution in [2.45, 2.75) is 19.9 Å². The number of rotatable bonds is 3. The van der Waals surface area contributed by atoms with Crippen LogP contribution in [0.25, 0.3) is 0 Å². The van der Waals surface area contributed by atoms with E-state index in [1.807, 2.05) is 6.07 Å². The molecule has 1 unspecified atom stereocenters. The molecular weight excluding hydrogens is 293 g/mol. The SMILES string of the molecule is Cc1cccc(C(C)Nc2cc(F)ccc2Br)c1. The van der Waals surface area contributed by atoms with Crippen molar-refractivity contribution in [3.63, 3.8) is 0 Å². The first-order valence-corrected chi connectivity index (χ1v) is 6.64. The molecule has 3 heteroatoms. The zero-order valence-electron chi connectivity index (χ0n) is 10.4. The second kappa shape index (κ2) is 5.53. The highest BCUT2D eigenvalue weighted by Crippen LogP contribution is 2.27. The number of anilines is 1. The Morgan fingerprint density at radius 1 is 1.17 bits per heavy atom. The number of aryl methyl sites for hydroxylation is 1. The number of benzene rings is 2. The van der Waals surface area contributed by atoms with Crippen LogP contribution in [-0.2, 0) is 0 Å². The molecule has 18 heavy (non-hydrogen) atoms. The molecule has 0 aliphatic rings. The molecule has 1 N–H and O–H groups in total. The number of halogens is 2. The van der Waals surface area contributed by atoms with Gasteiger partial charge in [0.2, 0.25) is 0 Å². The number of hydrogen-bond donors (Lipinski definition) is 1. The van der Waals surface area contributed by atoms with E-state index in [9.17, 15) is 4.39 Å². The molecular formula is C15H15BrFN. The van der Waals surface area contributed by atoms with Gasteiger partial charge in [0.15, 0.2) is 0 Å². The van der Waals surface area contributed by atoms with Gasteiger partial charge in [-0.05, 0) is 53.5 Å². The van der Waals surface area contributed by atoms with E-state index in [-0.39, 0.29) is 11.9 Å². The zero-order valence-corrected chi connectivity index (χ0v) is 12.0. The fourth-order valence-corrected chi connectivity index (χ4v) is 2.23. The maximum atomic E-state index is 13.2. The summed E-state index contributed by atoms with van der Waals surface area (Å²) in [6.45, 7) is 4.13. The summed E-state index contributed by atoms with van der Waals surface area (Å²) in [4.78, 5) is 0. The number of nitrogens with one attached hydrogen (secondary N) is 1. The maximum Gasteiger partial charge on any atom is 0.125 e. The van der Waals surface area contributed by atoms with Crippen molar-refractivity contribution < 1.29 is 4.39 Å². The Morgan fingerprint density at radius 3 is 2.67 bits per heavy atom. The average Bonchev–Trinajstić information content (AvgIpc) is 2.34. The van der Waals surface area contributed by atoms with Gasteiger partial charge in [-0.3, -0.25) is 0 Å². The van der Waals surface area contributed by atoms with Crippen molar-refractivity contribution in [3.8, 4) is 0 Å². The van der Waals surface area contributed by atoms with Crippen LogP contribution in [0.3, 0.4) is 0 Å². The maximum absolute atomic E-state index is 13.2. The van der Waals surface area contributed by atoms with Crippen LogP contribution in [0.4, 0.5) is 10.1 Å². The van der Waals surface area contributed by atoms with Crippen molar-refractivity contribution in [1.82, 2.24) is 0 Å². The quantitative estimate of drug-likeness (QED) is 0.834. The van der Waals surface area contributed by atoms with Crippen molar-refractivity contribution in [2.24, 2.45) is 0 Å². The number of hydrogen-bond acceptors (Lipinski definition) is 1. The summed E-state index contributed by atoms with van der Waals surface area (Å²) in [7, 11) is 0. The minimum Gasteiger partial charge on any atom is -0.378 e. The topological polar surface area (TPSA) is 12.0 Å². The molecule has 0 amide bonds. The molecule has 2 aromatic rings. The predicted molar refractivity (Wildman–Crippen MR) is 77.3 cm³/mol. The summed E-state index contributed by atoms with van der Waals surface area (Å²) in [6.07, 6.45) is 0. The van der Waals surface area contributed by atoms with E-state index in [1.54, 1.807) is 6.07 Å². The van der Waals surface area contributed by atoms with Crippen molar-refractivity contribution >= 4 is 21.6 Å². The summed E-state index contributed by atoms with van der Waals surface area (Å²) in [6, 6.07) is 13.1. The van der Waals surface area contributed by atoms with Gasteiger partial charge in [-0.1, -0.05) is 29.8 Å². The van der Waals surface area contributed by atoms with Gasteiger partial charge in [0.1, 0.15) is 5.82 Å². The van der Waals surface area contributed by atoms with Crippen LogP contribution in [0.1, 0.15) is 24.1 Å². The highest BCUT2D eigenvalue weighted by molar-refractivity contribution is 9.10. The lowest BCUT2D eigenvalue weighted by molar-refractivity contribution is 0.627. The molecule has 94 valence electrons. The van der Waals surface area contributed by atoms with E-state index in [0.717, 1.165) is 10.2 Å². The summed E-state index contributed by atoms with van der Waals surface area (Å²) in [5, 5.41) is 3.31. The van der Waals surface area contributed by atoms with Crippen molar-refractivity contribution in [1.29, 1.82) is 0 Å². The summed E-state index contributed by atoms with van der Waals surface area (Å²) >= 11 is 3.42. The Balaban J connectivity index is 2.21. The Bertz CT molecular complexity index is 554. The fourth-order valence-electron chi connectivity index (χ4n) is 1.86. The predicted octanol–water partition coefficient (Wildman–Crippen LogP) is 5.07. The molecule has 0 radical (unpaired) electrons. The molecule has 0 spiro atoms. The van der Waals surface area contributed by atoms with Gasteiger partial charge in [0, 0.05) is 10.5 Å². The highest BCUT2D eigenvalue weighted by Gasteiger charge is 2.08. The van der Waals surface area contributed by atoms with Crippen LogP contribution in [0, 0.1) is 12.7 Å². The van der Waals surface area contributed by atoms with Crippen LogP contribution in [0.15, 0.2) is 46.9 Å². The van der Waals surface area contributed by atoms with Gasteiger partial charge in [-0.15, -0.1) is 0 Å². The molecule has 0 bridgehead atoms. The Hall–Kier alpha value is -1.35. The third-order valence-electron chi connectivity index (χ3n) is 2.84. The molecule has 0 fully saturated rings. The third-order valence-corrected chi connectivity index (χ3v) is 3.53. The molecule has 0 saturated carbocycles. The highest BCUT2D eigenvalue weighted by atomic mass is 79.9. The minimum atomic E-state index is -0.239. The van der Waals surface area contributed by atoms with Gasteiger partial charge in [-0.2, -0.15) is 0 Å². The lowest BCUT2D eigenvalue weighted by atomic mass is 10.1. The average molecular weight is 308 g/mol. The standard InChI is InChI=1S/C15H15BrFN/c1-10-4-3-5-12(8-10)11(2)18-15-9-13(17)6-7-14(15)16/h3-9,11,18H,1-2H3. The second-order valence-corrected chi connectivity index (χ2v) is 5.26.